The fourth-order valence-electron chi connectivity index (χ4n) is 4.38. The number of carbonyl (C=O) groups is 2. The van der Waals surface area contributed by atoms with E-state index in [1.807, 2.05) is 44.3 Å². The van der Waals surface area contributed by atoms with Crippen molar-refractivity contribution in [3.05, 3.63) is 47.7 Å². The van der Waals surface area contributed by atoms with Crippen LogP contribution in [0.25, 0.3) is 22.3 Å². The van der Waals surface area contributed by atoms with Crippen molar-refractivity contribution in [1.82, 2.24) is 20.1 Å². The molecule has 0 atom stereocenters. The van der Waals surface area contributed by atoms with Gasteiger partial charge in [0.1, 0.15) is 0 Å². The highest BCUT2D eigenvalue weighted by Crippen LogP contribution is 2.34. The van der Waals surface area contributed by atoms with Crippen molar-refractivity contribution >= 4 is 22.9 Å². The van der Waals surface area contributed by atoms with Crippen LogP contribution in [0, 0.1) is 6.92 Å². The molecular formula is C22H24N4O3. The van der Waals surface area contributed by atoms with Gasteiger partial charge in [0.05, 0.1) is 34.3 Å². The number of rotatable bonds is 5. The standard InChI is InChI=1S/C22H24N4O3/c1-14-19-16(21(29)24-22(13-18(27)28)10-6-7-11-22)12-17(15-8-4-3-5-9-15)23-20(19)26(2)25-14/h3-5,8-9,12H,6-7,10-11,13H2,1-2H3,(H,24,29)(H,27,28). The number of aryl methyl sites for hydroxylation is 2. The molecule has 29 heavy (non-hydrogen) atoms. The molecule has 1 aliphatic rings. The van der Waals surface area contributed by atoms with Crippen molar-refractivity contribution in [2.75, 3.05) is 0 Å². The summed E-state index contributed by atoms with van der Waals surface area (Å²) in [6.45, 7) is 1.85. The number of carboxylic acid groups (broad SMARTS) is 1. The van der Waals surface area contributed by atoms with Gasteiger partial charge in [0.15, 0.2) is 5.65 Å². The van der Waals surface area contributed by atoms with Gasteiger partial charge in [-0.3, -0.25) is 14.3 Å². The Labute approximate surface area is 168 Å². The molecule has 7 nitrogen and oxygen atoms in total. The maximum atomic E-state index is 13.4. The third-order valence-corrected chi connectivity index (χ3v) is 5.71. The molecule has 1 aliphatic carbocycles. The Kier molecular flexibility index (Phi) is 4.82. The van der Waals surface area contributed by atoms with Gasteiger partial charge >= 0.3 is 5.97 Å². The van der Waals surface area contributed by atoms with Crippen molar-refractivity contribution in [3.8, 4) is 11.3 Å². The number of hydrogen-bond acceptors (Lipinski definition) is 4. The lowest BCUT2D eigenvalue weighted by atomic mass is 9.92. The molecule has 1 amide bonds. The quantitative estimate of drug-likeness (QED) is 0.693. The van der Waals surface area contributed by atoms with E-state index in [9.17, 15) is 14.7 Å². The summed E-state index contributed by atoms with van der Waals surface area (Å²) in [6, 6.07) is 11.5. The fourth-order valence-corrected chi connectivity index (χ4v) is 4.38. The zero-order chi connectivity index (χ0) is 20.6. The van der Waals surface area contributed by atoms with Gasteiger partial charge in [0.2, 0.25) is 0 Å². The summed E-state index contributed by atoms with van der Waals surface area (Å²) in [5, 5.41) is 17.6. The average molecular weight is 392 g/mol. The minimum Gasteiger partial charge on any atom is -0.481 e. The molecule has 1 fully saturated rings. The first-order valence-electron chi connectivity index (χ1n) is 9.83. The molecule has 0 saturated heterocycles. The lowest BCUT2D eigenvalue weighted by Gasteiger charge is -2.29. The number of amides is 1. The molecule has 7 heteroatoms. The highest BCUT2D eigenvalue weighted by atomic mass is 16.4. The molecular weight excluding hydrogens is 368 g/mol. The molecule has 0 unspecified atom stereocenters. The van der Waals surface area contributed by atoms with Crippen LogP contribution in [0.15, 0.2) is 36.4 Å². The Morgan fingerprint density at radius 2 is 1.90 bits per heavy atom. The van der Waals surface area contributed by atoms with Crippen LogP contribution in [0.5, 0.6) is 0 Å². The summed E-state index contributed by atoms with van der Waals surface area (Å²) in [5.41, 5.74) is 2.73. The van der Waals surface area contributed by atoms with Crippen LogP contribution in [0.4, 0.5) is 0 Å². The minimum atomic E-state index is -0.894. The van der Waals surface area contributed by atoms with Gasteiger partial charge in [-0.15, -0.1) is 0 Å². The van der Waals surface area contributed by atoms with E-state index < -0.39 is 11.5 Å². The van der Waals surface area contributed by atoms with E-state index in [-0.39, 0.29) is 12.3 Å². The maximum Gasteiger partial charge on any atom is 0.305 e. The topological polar surface area (TPSA) is 97.1 Å². The second kappa shape index (κ2) is 7.31. The molecule has 1 saturated carbocycles. The monoisotopic (exact) mass is 392 g/mol. The summed E-state index contributed by atoms with van der Waals surface area (Å²) in [5.74, 6) is -1.16. The smallest absolute Gasteiger partial charge is 0.305 e. The number of carbonyl (C=O) groups excluding carboxylic acids is 1. The fraction of sp³-hybridized carbons (Fsp3) is 0.364. The maximum absolute atomic E-state index is 13.4. The van der Waals surface area contributed by atoms with Crippen LogP contribution in [0.1, 0.15) is 48.2 Å². The Hall–Kier alpha value is -3.22. The SMILES string of the molecule is Cc1nn(C)c2nc(-c3ccccc3)cc(C(=O)NC3(CC(=O)O)CCCC3)c12. The zero-order valence-electron chi connectivity index (χ0n) is 16.6. The number of carboxylic acids is 1. The predicted molar refractivity (Wildman–Crippen MR) is 110 cm³/mol. The molecule has 0 aliphatic heterocycles. The number of nitrogens with zero attached hydrogens (tertiary/aromatic N) is 3. The highest BCUT2D eigenvalue weighted by molar-refractivity contribution is 6.07. The second-order valence-electron chi connectivity index (χ2n) is 7.84. The van der Waals surface area contributed by atoms with Gasteiger partial charge < -0.3 is 10.4 Å². The van der Waals surface area contributed by atoms with Gasteiger partial charge in [0.25, 0.3) is 5.91 Å². The van der Waals surface area contributed by atoms with Crippen LogP contribution >= 0.6 is 0 Å². The van der Waals surface area contributed by atoms with Crippen LogP contribution in [0.3, 0.4) is 0 Å². The summed E-state index contributed by atoms with van der Waals surface area (Å²) in [4.78, 5) is 29.5. The number of aromatic nitrogens is 3. The van der Waals surface area contributed by atoms with Crippen molar-refractivity contribution in [1.29, 1.82) is 0 Å². The molecule has 3 aromatic rings. The Bertz CT molecular complexity index is 1080. The first kappa shape index (κ1) is 19.1. The molecule has 4 rings (SSSR count). The van der Waals surface area contributed by atoms with Crippen molar-refractivity contribution in [3.63, 3.8) is 0 Å². The van der Waals surface area contributed by atoms with E-state index in [1.165, 1.54) is 0 Å². The van der Waals surface area contributed by atoms with E-state index in [1.54, 1.807) is 10.7 Å². The Balaban J connectivity index is 1.81. The Morgan fingerprint density at radius 3 is 2.55 bits per heavy atom. The number of nitrogens with one attached hydrogen (secondary N) is 1. The number of hydrogen-bond donors (Lipinski definition) is 2. The molecule has 0 spiro atoms. The van der Waals surface area contributed by atoms with Gasteiger partial charge in [-0.2, -0.15) is 5.10 Å². The van der Waals surface area contributed by atoms with Crippen LogP contribution in [-0.4, -0.2) is 37.3 Å². The largest absolute Gasteiger partial charge is 0.481 e. The van der Waals surface area contributed by atoms with E-state index in [2.05, 4.69) is 10.4 Å². The van der Waals surface area contributed by atoms with E-state index in [0.717, 1.165) is 24.1 Å². The number of fused-ring (bicyclic) bond motifs is 1. The van der Waals surface area contributed by atoms with E-state index in [4.69, 9.17) is 4.98 Å². The molecule has 0 bridgehead atoms. The third kappa shape index (κ3) is 3.60. The van der Waals surface area contributed by atoms with Crippen LogP contribution < -0.4 is 5.32 Å². The molecule has 1 aromatic carbocycles. The van der Waals surface area contributed by atoms with Crippen LogP contribution in [-0.2, 0) is 11.8 Å². The summed E-state index contributed by atoms with van der Waals surface area (Å²) in [6.07, 6.45) is 3.12. The van der Waals surface area contributed by atoms with Crippen LogP contribution in [0.2, 0.25) is 0 Å². The normalized spacial score (nSPS) is 15.5. The van der Waals surface area contributed by atoms with Gasteiger partial charge in [-0.05, 0) is 25.8 Å². The number of benzene rings is 1. The van der Waals surface area contributed by atoms with Gasteiger partial charge in [0, 0.05) is 12.6 Å². The molecule has 150 valence electrons. The predicted octanol–water partition coefficient (Wildman–Crippen LogP) is 3.46. The molecule has 2 N–H and O–H groups in total. The molecule has 2 heterocycles. The van der Waals surface area contributed by atoms with Gasteiger partial charge in [-0.25, -0.2) is 4.98 Å². The second-order valence-corrected chi connectivity index (χ2v) is 7.84. The first-order chi connectivity index (χ1) is 13.9. The van der Waals surface area contributed by atoms with Crippen molar-refractivity contribution < 1.29 is 14.7 Å². The summed E-state index contributed by atoms with van der Waals surface area (Å²) in [7, 11) is 1.81. The molecule has 2 aromatic heterocycles. The van der Waals surface area contributed by atoms with Crippen molar-refractivity contribution in [2.45, 2.75) is 44.6 Å². The summed E-state index contributed by atoms with van der Waals surface area (Å²) >= 11 is 0. The zero-order valence-corrected chi connectivity index (χ0v) is 16.6. The number of aliphatic carboxylic acids is 1. The first-order valence-corrected chi connectivity index (χ1v) is 9.83. The van der Waals surface area contributed by atoms with E-state index in [0.29, 0.717) is 35.1 Å². The average Bonchev–Trinajstić information content (AvgIpc) is 3.25. The third-order valence-electron chi connectivity index (χ3n) is 5.71. The number of pyridine rings is 1. The minimum absolute atomic E-state index is 0.0649. The lowest BCUT2D eigenvalue weighted by molar-refractivity contribution is -0.138. The lowest BCUT2D eigenvalue weighted by Crippen LogP contribution is -2.47. The van der Waals surface area contributed by atoms with Crippen molar-refractivity contribution in [2.24, 2.45) is 7.05 Å². The van der Waals surface area contributed by atoms with Gasteiger partial charge in [-0.1, -0.05) is 43.2 Å². The highest BCUT2D eigenvalue weighted by Gasteiger charge is 2.38. The molecule has 0 radical (unpaired) electrons. The van der Waals surface area contributed by atoms with E-state index >= 15 is 0 Å². The summed E-state index contributed by atoms with van der Waals surface area (Å²) < 4.78 is 1.68. The Morgan fingerprint density at radius 1 is 1.21 bits per heavy atom.